The van der Waals surface area contributed by atoms with Crippen molar-refractivity contribution in [2.45, 2.75) is 12.5 Å². The first-order valence-electron chi connectivity index (χ1n) is 11.3. The topological polar surface area (TPSA) is 83.6 Å². The molecule has 1 aromatic rings. The number of ether oxygens (including phenoxy) is 3. The molecule has 0 aromatic heterocycles. The average molecular weight is 457 g/mol. The van der Waals surface area contributed by atoms with Crippen LogP contribution in [-0.4, -0.2) is 93.3 Å². The SMILES string of the molecule is C=CCN1C(=O)N[C@H](c2cc(OC)cc(OC)c2)C2=C1CN(CCCN1CCOCC1)C2=O. The van der Waals surface area contributed by atoms with Gasteiger partial charge in [0.15, 0.2) is 0 Å². The second-order valence-corrected chi connectivity index (χ2v) is 8.32. The van der Waals surface area contributed by atoms with E-state index in [1.165, 1.54) is 0 Å². The van der Waals surface area contributed by atoms with Crippen LogP contribution in [0.1, 0.15) is 18.0 Å². The Morgan fingerprint density at radius 1 is 1.12 bits per heavy atom. The van der Waals surface area contributed by atoms with Gasteiger partial charge >= 0.3 is 6.03 Å². The zero-order chi connectivity index (χ0) is 23.4. The zero-order valence-corrected chi connectivity index (χ0v) is 19.3. The number of benzene rings is 1. The monoisotopic (exact) mass is 456 g/mol. The molecular weight excluding hydrogens is 424 g/mol. The van der Waals surface area contributed by atoms with Gasteiger partial charge in [0.05, 0.1) is 51.3 Å². The normalized spacial score (nSPS) is 21.2. The summed E-state index contributed by atoms with van der Waals surface area (Å²) in [5.74, 6) is 1.15. The van der Waals surface area contributed by atoms with Crippen LogP contribution in [0.25, 0.3) is 0 Å². The van der Waals surface area contributed by atoms with Crippen molar-refractivity contribution >= 4 is 11.9 Å². The molecule has 0 saturated carbocycles. The highest BCUT2D eigenvalue weighted by Crippen LogP contribution is 2.38. The summed E-state index contributed by atoms with van der Waals surface area (Å²) in [5.41, 5.74) is 2.08. The quantitative estimate of drug-likeness (QED) is 0.571. The molecular formula is C24H32N4O5. The van der Waals surface area contributed by atoms with Gasteiger partial charge in [0, 0.05) is 38.8 Å². The van der Waals surface area contributed by atoms with Crippen molar-refractivity contribution in [3.05, 3.63) is 47.7 Å². The minimum Gasteiger partial charge on any atom is -0.497 e. The molecule has 1 N–H and O–H groups in total. The van der Waals surface area contributed by atoms with Crippen molar-refractivity contribution in [1.29, 1.82) is 0 Å². The molecule has 3 aliphatic rings. The van der Waals surface area contributed by atoms with Crippen molar-refractivity contribution < 1.29 is 23.8 Å². The van der Waals surface area contributed by atoms with Crippen LogP contribution in [0.5, 0.6) is 11.5 Å². The molecule has 1 atom stereocenters. The van der Waals surface area contributed by atoms with Crippen LogP contribution >= 0.6 is 0 Å². The fourth-order valence-corrected chi connectivity index (χ4v) is 4.61. The van der Waals surface area contributed by atoms with Crippen molar-refractivity contribution in [1.82, 2.24) is 20.0 Å². The fraction of sp³-hybridized carbons (Fsp3) is 0.500. The van der Waals surface area contributed by atoms with E-state index in [4.69, 9.17) is 14.2 Å². The van der Waals surface area contributed by atoms with Crippen LogP contribution < -0.4 is 14.8 Å². The van der Waals surface area contributed by atoms with Gasteiger partial charge in [-0.3, -0.25) is 14.6 Å². The van der Waals surface area contributed by atoms with Crippen LogP contribution in [0.4, 0.5) is 4.79 Å². The summed E-state index contributed by atoms with van der Waals surface area (Å²) >= 11 is 0. The standard InChI is InChI=1S/C24H32N4O5/c1-4-6-28-20-16-27(8-5-7-26-9-11-33-12-10-26)23(29)21(20)22(25-24(28)30)17-13-18(31-2)15-19(14-17)32-3/h4,13-15,22H,1,5-12,16H2,2-3H3,(H,25,30)/t22-/m1/s1. The molecule has 3 amide bonds. The number of carbonyl (C=O) groups is 2. The van der Waals surface area contributed by atoms with E-state index in [2.05, 4.69) is 16.8 Å². The summed E-state index contributed by atoms with van der Waals surface area (Å²) in [4.78, 5) is 32.3. The summed E-state index contributed by atoms with van der Waals surface area (Å²) in [7, 11) is 3.15. The first-order valence-corrected chi connectivity index (χ1v) is 11.3. The maximum Gasteiger partial charge on any atom is 0.322 e. The lowest BCUT2D eigenvalue weighted by atomic mass is 9.95. The molecule has 178 valence electrons. The number of hydrogen-bond donors (Lipinski definition) is 1. The molecule has 4 rings (SSSR count). The van der Waals surface area contributed by atoms with Gasteiger partial charge < -0.3 is 24.4 Å². The van der Waals surface area contributed by atoms with Crippen LogP contribution in [0.3, 0.4) is 0 Å². The van der Waals surface area contributed by atoms with Crippen LogP contribution in [0.15, 0.2) is 42.1 Å². The third-order valence-corrected chi connectivity index (χ3v) is 6.32. The number of rotatable bonds is 9. The van der Waals surface area contributed by atoms with Crippen molar-refractivity contribution in [3.8, 4) is 11.5 Å². The number of methoxy groups -OCH3 is 2. The number of nitrogens with zero attached hydrogens (tertiary/aromatic N) is 3. The molecule has 33 heavy (non-hydrogen) atoms. The second kappa shape index (κ2) is 10.3. The van der Waals surface area contributed by atoms with Gasteiger partial charge in [0.1, 0.15) is 11.5 Å². The Morgan fingerprint density at radius 2 is 1.82 bits per heavy atom. The Balaban J connectivity index is 1.57. The van der Waals surface area contributed by atoms with Crippen LogP contribution in [-0.2, 0) is 9.53 Å². The van der Waals surface area contributed by atoms with Crippen molar-refractivity contribution in [2.24, 2.45) is 0 Å². The lowest BCUT2D eigenvalue weighted by Gasteiger charge is -2.33. The molecule has 3 aliphatic heterocycles. The molecule has 1 fully saturated rings. The highest BCUT2D eigenvalue weighted by molar-refractivity contribution is 6.01. The molecule has 9 nitrogen and oxygen atoms in total. The minimum atomic E-state index is -0.575. The largest absolute Gasteiger partial charge is 0.497 e. The molecule has 3 heterocycles. The predicted molar refractivity (Wildman–Crippen MR) is 123 cm³/mol. The number of hydrogen-bond acceptors (Lipinski definition) is 6. The summed E-state index contributed by atoms with van der Waals surface area (Å²) in [6, 6.07) is 4.60. The maximum atomic E-state index is 13.5. The molecule has 9 heteroatoms. The Kier molecular flexibility index (Phi) is 7.20. The first kappa shape index (κ1) is 23.1. The van der Waals surface area contributed by atoms with E-state index < -0.39 is 6.04 Å². The average Bonchev–Trinajstić information content (AvgIpc) is 3.17. The van der Waals surface area contributed by atoms with Crippen LogP contribution in [0, 0.1) is 0 Å². The van der Waals surface area contributed by atoms with E-state index in [0.717, 1.165) is 50.5 Å². The summed E-state index contributed by atoms with van der Waals surface area (Å²) in [5, 5.41) is 3.00. The number of amides is 3. The van der Waals surface area contributed by atoms with Gasteiger partial charge in [0.2, 0.25) is 0 Å². The van der Waals surface area contributed by atoms with Gasteiger partial charge in [0.25, 0.3) is 5.91 Å². The van der Waals surface area contributed by atoms with Crippen LogP contribution in [0.2, 0.25) is 0 Å². The first-order chi connectivity index (χ1) is 16.0. The lowest BCUT2D eigenvalue weighted by Crippen LogP contribution is -2.47. The number of urea groups is 1. The Bertz CT molecular complexity index is 919. The summed E-state index contributed by atoms with van der Waals surface area (Å²) in [6.45, 7) is 9.44. The van der Waals surface area contributed by atoms with Gasteiger partial charge in [-0.05, 0) is 24.1 Å². The molecule has 0 radical (unpaired) electrons. The summed E-state index contributed by atoms with van der Waals surface area (Å²) in [6.07, 6.45) is 2.54. The number of nitrogens with one attached hydrogen (secondary N) is 1. The highest BCUT2D eigenvalue weighted by Gasteiger charge is 2.43. The van der Waals surface area contributed by atoms with E-state index >= 15 is 0 Å². The zero-order valence-electron chi connectivity index (χ0n) is 19.3. The van der Waals surface area contributed by atoms with E-state index in [-0.39, 0.29) is 11.9 Å². The molecule has 0 aliphatic carbocycles. The molecule has 1 saturated heterocycles. The van der Waals surface area contributed by atoms with E-state index in [0.29, 0.717) is 36.7 Å². The van der Waals surface area contributed by atoms with Gasteiger partial charge in [-0.2, -0.15) is 0 Å². The van der Waals surface area contributed by atoms with Gasteiger partial charge in [-0.1, -0.05) is 6.08 Å². The molecule has 1 aromatic carbocycles. The third-order valence-electron chi connectivity index (χ3n) is 6.32. The maximum absolute atomic E-state index is 13.5. The predicted octanol–water partition coefficient (Wildman–Crippen LogP) is 1.77. The smallest absolute Gasteiger partial charge is 0.322 e. The van der Waals surface area contributed by atoms with Gasteiger partial charge in [-0.25, -0.2) is 4.79 Å². The number of morpholine rings is 1. The number of carbonyl (C=O) groups excluding carboxylic acids is 2. The Labute approximate surface area is 194 Å². The van der Waals surface area contributed by atoms with E-state index in [1.54, 1.807) is 31.3 Å². The molecule has 0 unspecified atom stereocenters. The van der Waals surface area contributed by atoms with Crippen molar-refractivity contribution in [2.75, 3.05) is 66.7 Å². The Hall–Kier alpha value is -3.04. The highest BCUT2D eigenvalue weighted by atomic mass is 16.5. The Morgan fingerprint density at radius 3 is 2.45 bits per heavy atom. The van der Waals surface area contributed by atoms with Gasteiger partial charge in [-0.15, -0.1) is 6.58 Å². The third kappa shape index (κ3) is 4.84. The summed E-state index contributed by atoms with van der Waals surface area (Å²) < 4.78 is 16.2. The second-order valence-electron chi connectivity index (χ2n) is 8.32. The molecule has 0 spiro atoms. The van der Waals surface area contributed by atoms with Crippen molar-refractivity contribution in [3.63, 3.8) is 0 Å². The van der Waals surface area contributed by atoms with E-state index in [1.807, 2.05) is 17.0 Å². The minimum absolute atomic E-state index is 0.0483. The van der Waals surface area contributed by atoms with E-state index in [9.17, 15) is 9.59 Å². The fourth-order valence-electron chi connectivity index (χ4n) is 4.61. The lowest BCUT2D eigenvalue weighted by molar-refractivity contribution is -0.125. The molecule has 0 bridgehead atoms.